The van der Waals surface area contributed by atoms with Gasteiger partial charge in [0.1, 0.15) is 24.1 Å². The second-order valence-corrected chi connectivity index (χ2v) is 6.11. The quantitative estimate of drug-likeness (QED) is 0.478. The van der Waals surface area contributed by atoms with Gasteiger partial charge in [-0.25, -0.2) is 15.1 Å². The predicted octanol–water partition coefficient (Wildman–Crippen LogP) is 1.89. The van der Waals surface area contributed by atoms with Gasteiger partial charge in [0.2, 0.25) is 0 Å². The Bertz CT molecular complexity index is 749. The molecule has 4 atom stereocenters. The summed E-state index contributed by atoms with van der Waals surface area (Å²) in [5.74, 6) is 0.563. The fraction of sp³-hybridized carbons (Fsp3) is 0.400. The summed E-state index contributed by atoms with van der Waals surface area (Å²) in [6.07, 6.45) is 11.3. The Morgan fingerprint density at radius 2 is 1.74 bits per heavy atom. The molecule has 1 aromatic rings. The summed E-state index contributed by atoms with van der Waals surface area (Å²) in [5.41, 5.74) is 0.524. The lowest BCUT2D eigenvalue weighted by Gasteiger charge is -2.30. The molecule has 1 aromatic heterocycles. The van der Waals surface area contributed by atoms with Crippen LogP contribution in [0.15, 0.2) is 36.6 Å². The second kappa shape index (κ2) is 4.53. The van der Waals surface area contributed by atoms with Crippen LogP contribution in [-0.4, -0.2) is 34.2 Å². The first-order chi connectivity index (χ1) is 11.2. The van der Waals surface area contributed by atoms with Crippen molar-refractivity contribution in [3.63, 3.8) is 0 Å². The zero-order chi connectivity index (χ0) is 15.6. The third-order valence-electron chi connectivity index (χ3n) is 4.63. The number of fused-ring (bicyclic) bond motifs is 4. The maximum Gasteiger partial charge on any atom is 0.289 e. The van der Waals surface area contributed by atoms with E-state index in [1.54, 1.807) is 10.1 Å². The second-order valence-electron chi connectivity index (χ2n) is 6.11. The van der Waals surface area contributed by atoms with E-state index in [9.17, 15) is 10.1 Å². The average Bonchev–Trinajstić information content (AvgIpc) is 3.34. The van der Waals surface area contributed by atoms with Gasteiger partial charge in [0.25, 0.3) is 5.69 Å². The summed E-state index contributed by atoms with van der Waals surface area (Å²) in [7, 11) is 0. The highest BCUT2D eigenvalue weighted by Crippen LogP contribution is 2.43. The minimum Gasteiger partial charge on any atom is -0.265 e. The Balaban J connectivity index is 1.58. The van der Waals surface area contributed by atoms with Crippen molar-refractivity contribution in [1.29, 1.82) is 0 Å². The Hall–Kier alpha value is -2.45. The van der Waals surface area contributed by atoms with E-state index in [0.29, 0.717) is 11.5 Å². The molecular formula is C15H14N4O4. The summed E-state index contributed by atoms with van der Waals surface area (Å²) in [6, 6.07) is 1.71. The molecule has 0 spiro atoms. The van der Waals surface area contributed by atoms with E-state index in [-0.39, 0.29) is 30.0 Å². The first kappa shape index (κ1) is 13.0. The number of hydrogen-bond donors (Lipinski definition) is 0. The fourth-order valence-electron chi connectivity index (χ4n) is 3.56. The number of pyridine rings is 1. The van der Waals surface area contributed by atoms with Crippen molar-refractivity contribution >= 4 is 17.2 Å². The van der Waals surface area contributed by atoms with E-state index in [4.69, 9.17) is 9.68 Å². The molecule has 4 bridgehead atoms. The molecule has 5 rings (SSSR count). The van der Waals surface area contributed by atoms with Crippen LogP contribution in [0.5, 0.6) is 0 Å². The maximum absolute atomic E-state index is 11.1. The van der Waals surface area contributed by atoms with E-state index in [2.05, 4.69) is 17.1 Å². The Kier molecular flexibility index (Phi) is 2.56. The molecule has 118 valence electrons. The van der Waals surface area contributed by atoms with E-state index in [1.165, 1.54) is 12.3 Å². The van der Waals surface area contributed by atoms with Crippen LogP contribution in [0, 0.1) is 10.1 Å². The molecule has 0 amide bonds. The number of aromatic nitrogens is 1. The smallest absolute Gasteiger partial charge is 0.265 e. The minimum absolute atomic E-state index is 0.0305. The number of anilines is 2. The largest absolute Gasteiger partial charge is 0.289 e. The van der Waals surface area contributed by atoms with Crippen LogP contribution < -0.4 is 10.1 Å². The number of nitro groups is 1. The number of rotatable bonds is 3. The van der Waals surface area contributed by atoms with Gasteiger partial charge >= 0.3 is 0 Å². The molecule has 0 N–H and O–H groups in total. The molecule has 3 heterocycles. The third kappa shape index (κ3) is 1.88. The number of hydroxylamine groups is 2. The van der Waals surface area contributed by atoms with Crippen molar-refractivity contribution in [3.8, 4) is 0 Å². The molecule has 2 fully saturated rings. The molecule has 23 heavy (non-hydrogen) atoms. The molecule has 8 heteroatoms. The van der Waals surface area contributed by atoms with E-state index >= 15 is 0 Å². The molecule has 2 aliphatic heterocycles. The Morgan fingerprint density at radius 1 is 1.09 bits per heavy atom. The zero-order valence-electron chi connectivity index (χ0n) is 12.1. The fourth-order valence-corrected chi connectivity index (χ4v) is 3.56. The van der Waals surface area contributed by atoms with Crippen molar-refractivity contribution in [2.45, 2.75) is 37.1 Å². The zero-order valence-corrected chi connectivity index (χ0v) is 12.1. The third-order valence-corrected chi connectivity index (χ3v) is 4.63. The van der Waals surface area contributed by atoms with Gasteiger partial charge in [0.05, 0.1) is 17.0 Å². The molecule has 0 aromatic carbocycles. The van der Waals surface area contributed by atoms with Crippen molar-refractivity contribution in [1.82, 2.24) is 4.98 Å². The van der Waals surface area contributed by atoms with Crippen LogP contribution in [-0.2, 0) is 9.68 Å². The summed E-state index contributed by atoms with van der Waals surface area (Å²) in [4.78, 5) is 26.7. The number of nitrogens with zero attached hydrogens (tertiary/aromatic N) is 4. The highest BCUT2D eigenvalue weighted by molar-refractivity contribution is 5.70. The Morgan fingerprint density at radius 3 is 2.26 bits per heavy atom. The summed E-state index contributed by atoms with van der Waals surface area (Å²) in [5, 5.41) is 14.6. The molecule has 2 aliphatic carbocycles. The van der Waals surface area contributed by atoms with E-state index in [0.717, 1.165) is 12.8 Å². The molecule has 2 saturated heterocycles. The van der Waals surface area contributed by atoms with Crippen molar-refractivity contribution in [3.05, 3.63) is 46.7 Å². The number of hydrogen-bond acceptors (Lipinski definition) is 7. The van der Waals surface area contributed by atoms with E-state index < -0.39 is 4.92 Å². The van der Waals surface area contributed by atoms with Gasteiger partial charge in [-0.2, -0.15) is 0 Å². The van der Waals surface area contributed by atoms with Crippen LogP contribution in [0.4, 0.5) is 17.2 Å². The van der Waals surface area contributed by atoms with Gasteiger partial charge in [-0.05, 0) is 0 Å². The van der Waals surface area contributed by atoms with Crippen molar-refractivity contribution < 1.29 is 14.6 Å². The summed E-state index contributed by atoms with van der Waals surface area (Å²) < 4.78 is 0. The van der Waals surface area contributed by atoms with Gasteiger partial charge in [-0.15, -0.1) is 0 Å². The molecule has 4 aliphatic rings. The lowest BCUT2D eigenvalue weighted by molar-refractivity contribution is -0.385. The van der Waals surface area contributed by atoms with Crippen LogP contribution >= 0.6 is 0 Å². The highest BCUT2D eigenvalue weighted by Gasteiger charge is 2.42. The first-order valence-electron chi connectivity index (χ1n) is 7.62. The minimum atomic E-state index is -0.443. The van der Waals surface area contributed by atoms with E-state index in [1.807, 2.05) is 12.2 Å². The monoisotopic (exact) mass is 314 g/mol. The van der Waals surface area contributed by atoms with Crippen LogP contribution in [0.25, 0.3) is 0 Å². The van der Waals surface area contributed by atoms with Gasteiger partial charge in [-0.3, -0.25) is 19.8 Å². The normalized spacial score (nSPS) is 33.2. The molecular weight excluding hydrogens is 300 g/mol. The summed E-state index contributed by atoms with van der Waals surface area (Å²) in [6.45, 7) is 0. The maximum atomic E-state index is 11.1. The molecule has 0 radical (unpaired) electrons. The predicted molar refractivity (Wildman–Crippen MR) is 80.7 cm³/mol. The van der Waals surface area contributed by atoms with Crippen molar-refractivity contribution in [2.24, 2.45) is 0 Å². The van der Waals surface area contributed by atoms with Gasteiger partial charge < -0.3 is 0 Å². The molecule has 8 nitrogen and oxygen atoms in total. The van der Waals surface area contributed by atoms with Gasteiger partial charge in [-0.1, -0.05) is 24.3 Å². The topological polar surface area (TPSA) is 81.0 Å². The Labute approximate surface area is 131 Å². The average molecular weight is 314 g/mol. The van der Waals surface area contributed by atoms with Gasteiger partial charge in [0, 0.05) is 18.9 Å². The summed E-state index contributed by atoms with van der Waals surface area (Å²) >= 11 is 0. The first-order valence-corrected chi connectivity index (χ1v) is 7.62. The highest BCUT2D eigenvalue weighted by atomic mass is 16.7. The van der Waals surface area contributed by atoms with Crippen LogP contribution in [0.2, 0.25) is 0 Å². The lowest BCUT2D eigenvalue weighted by Crippen LogP contribution is -2.34. The standard InChI is InChI=1S/C15H14N4O4/c20-19(21)11-7-14(17-9-1-3-12(5-9)22-17)15(16-8-11)18-10-2-4-13(6-10)23-18/h1-4,7-10,12-13H,5-6H2. The van der Waals surface area contributed by atoms with Crippen LogP contribution in [0.1, 0.15) is 12.8 Å². The molecule has 0 saturated carbocycles. The van der Waals surface area contributed by atoms with Crippen molar-refractivity contribution in [2.75, 3.05) is 10.1 Å². The molecule has 4 unspecified atom stereocenters. The van der Waals surface area contributed by atoms with Gasteiger partial charge in [0.15, 0.2) is 5.82 Å². The lowest BCUT2D eigenvalue weighted by atomic mass is 10.2. The van der Waals surface area contributed by atoms with Crippen LogP contribution in [0.3, 0.4) is 0 Å². The SMILES string of the molecule is O=[N+]([O-])c1cnc(N2OC3C=CC2C3)c(N2OC3C=CC2C3)c1.